The van der Waals surface area contributed by atoms with E-state index in [9.17, 15) is 4.79 Å². The minimum Gasteiger partial charge on any atom is -0.310 e. The lowest BCUT2D eigenvalue weighted by Crippen LogP contribution is -2.05. The highest BCUT2D eigenvalue weighted by Gasteiger charge is 2.00. The summed E-state index contributed by atoms with van der Waals surface area (Å²) in [6, 6.07) is 0. The molecule has 0 aliphatic carbocycles. The lowest BCUT2D eigenvalue weighted by Gasteiger charge is -1.92. The average Bonchev–Trinajstić information content (AvgIpc) is 2.34. The summed E-state index contributed by atoms with van der Waals surface area (Å²) < 4.78 is 0. The number of thiazole rings is 1. The third-order valence-electron chi connectivity index (χ3n) is 1.01. The Morgan fingerprint density at radius 3 is 3.09 bits per heavy atom. The van der Waals surface area contributed by atoms with Gasteiger partial charge >= 0.3 is 0 Å². The minimum atomic E-state index is -0.133. The number of aromatic nitrogens is 1. The van der Waals surface area contributed by atoms with Gasteiger partial charge in [0.1, 0.15) is 10.8 Å². The zero-order valence-electron chi connectivity index (χ0n) is 6.05. The Morgan fingerprint density at radius 2 is 2.64 bits per heavy atom. The standard InChI is InChI=1S/C6H8N3OS/c1-4(10)8-5-3-11-6(2-7)9-5/h3,7H,2H2,1H3,(H,8,10). The van der Waals surface area contributed by atoms with E-state index in [0.29, 0.717) is 10.8 Å². The molecule has 2 N–H and O–H groups in total. The smallest absolute Gasteiger partial charge is 0.222 e. The first-order valence-electron chi connectivity index (χ1n) is 3.09. The van der Waals surface area contributed by atoms with Crippen molar-refractivity contribution in [3.05, 3.63) is 10.4 Å². The van der Waals surface area contributed by atoms with E-state index in [-0.39, 0.29) is 12.5 Å². The molecular weight excluding hydrogens is 162 g/mol. The molecule has 0 aliphatic heterocycles. The van der Waals surface area contributed by atoms with Gasteiger partial charge in [-0.05, 0) is 0 Å². The maximum absolute atomic E-state index is 10.5. The van der Waals surface area contributed by atoms with Crippen molar-refractivity contribution >= 4 is 23.1 Å². The van der Waals surface area contributed by atoms with E-state index in [1.165, 1.54) is 18.3 Å². The van der Waals surface area contributed by atoms with Crippen molar-refractivity contribution in [1.29, 1.82) is 0 Å². The maximum atomic E-state index is 10.5. The van der Waals surface area contributed by atoms with Crippen molar-refractivity contribution < 1.29 is 4.79 Å². The molecule has 11 heavy (non-hydrogen) atoms. The Hall–Kier alpha value is -0.940. The van der Waals surface area contributed by atoms with Crippen LogP contribution in [0.2, 0.25) is 0 Å². The first-order chi connectivity index (χ1) is 5.22. The molecule has 0 fully saturated rings. The number of hydrogen-bond donors (Lipinski definition) is 1. The molecule has 1 radical (unpaired) electrons. The Kier molecular flexibility index (Phi) is 2.56. The van der Waals surface area contributed by atoms with Gasteiger partial charge < -0.3 is 5.32 Å². The van der Waals surface area contributed by atoms with E-state index in [4.69, 9.17) is 5.73 Å². The van der Waals surface area contributed by atoms with Crippen molar-refractivity contribution in [2.45, 2.75) is 13.5 Å². The molecule has 1 aromatic rings. The van der Waals surface area contributed by atoms with Gasteiger partial charge in [0, 0.05) is 12.3 Å². The number of carbonyl (C=O) groups is 1. The first kappa shape index (κ1) is 8.16. The Labute approximate surface area is 68.4 Å². The molecule has 0 aliphatic rings. The number of nitrogens with zero attached hydrogens (tertiary/aromatic N) is 1. The molecule has 0 aromatic carbocycles. The van der Waals surface area contributed by atoms with Gasteiger partial charge in [-0.2, -0.15) is 0 Å². The van der Waals surface area contributed by atoms with E-state index in [2.05, 4.69) is 10.3 Å². The van der Waals surface area contributed by atoms with E-state index in [1.807, 2.05) is 0 Å². The molecule has 5 heteroatoms. The molecule has 0 atom stereocenters. The molecule has 0 saturated heterocycles. The van der Waals surface area contributed by atoms with E-state index >= 15 is 0 Å². The predicted molar refractivity (Wildman–Crippen MR) is 43.2 cm³/mol. The fourth-order valence-corrected chi connectivity index (χ4v) is 1.22. The van der Waals surface area contributed by atoms with Crippen molar-refractivity contribution in [3.8, 4) is 0 Å². The number of amides is 1. The van der Waals surface area contributed by atoms with Crippen LogP contribution in [0.15, 0.2) is 5.38 Å². The Morgan fingerprint density at radius 1 is 1.91 bits per heavy atom. The fraction of sp³-hybridized carbons (Fsp3) is 0.333. The number of rotatable bonds is 2. The van der Waals surface area contributed by atoms with Gasteiger partial charge in [-0.1, -0.05) is 0 Å². The lowest BCUT2D eigenvalue weighted by atomic mass is 10.6. The molecule has 1 aromatic heterocycles. The molecule has 4 nitrogen and oxygen atoms in total. The van der Waals surface area contributed by atoms with Gasteiger partial charge in [-0.15, -0.1) is 11.3 Å². The summed E-state index contributed by atoms with van der Waals surface area (Å²) in [6.07, 6.45) is 0. The van der Waals surface area contributed by atoms with Crippen LogP contribution in [0, 0.1) is 0 Å². The average molecular weight is 170 g/mol. The van der Waals surface area contributed by atoms with Gasteiger partial charge in [0.25, 0.3) is 0 Å². The van der Waals surface area contributed by atoms with Crippen LogP contribution in [0.3, 0.4) is 0 Å². The molecule has 59 valence electrons. The van der Waals surface area contributed by atoms with Crippen molar-refractivity contribution in [2.75, 3.05) is 5.32 Å². The van der Waals surface area contributed by atoms with Crippen LogP contribution < -0.4 is 11.1 Å². The van der Waals surface area contributed by atoms with Crippen molar-refractivity contribution in [1.82, 2.24) is 10.7 Å². The summed E-state index contributed by atoms with van der Waals surface area (Å²) in [5.41, 5.74) is 6.97. The van der Waals surface area contributed by atoms with Crippen LogP contribution in [-0.2, 0) is 11.3 Å². The predicted octanol–water partition coefficient (Wildman–Crippen LogP) is 0.884. The highest BCUT2D eigenvalue weighted by Crippen LogP contribution is 2.13. The maximum Gasteiger partial charge on any atom is 0.222 e. The monoisotopic (exact) mass is 170 g/mol. The van der Waals surface area contributed by atoms with Crippen LogP contribution >= 0.6 is 11.3 Å². The fourth-order valence-electron chi connectivity index (χ4n) is 0.630. The van der Waals surface area contributed by atoms with E-state index in [0.717, 1.165) is 0 Å². The largest absolute Gasteiger partial charge is 0.310 e. The van der Waals surface area contributed by atoms with Gasteiger partial charge in [0.15, 0.2) is 0 Å². The van der Waals surface area contributed by atoms with Crippen LogP contribution in [0.1, 0.15) is 11.9 Å². The summed E-state index contributed by atoms with van der Waals surface area (Å²) in [7, 11) is 0. The highest BCUT2D eigenvalue weighted by molar-refractivity contribution is 7.10. The highest BCUT2D eigenvalue weighted by atomic mass is 32.1. The number of anilines is 1. The second-order valence-corrected chi connectivity index (χ2v) is 2.93. The topological polar surface area (TPSA) is 65.8 Å². The summed E-state index contributed by atoms with van der Waals surface area (Å²) >= 11 is 1.38. The summed E-state index contributed by atoms with van der Waals surface area (Å²) in [5.74, 6) is 0.414. The third kappa shape index (κ3) is 2.28. The third-order valence-corrected chi connectivity index (χ3v) is 1.86. The minimum absolute atomic E-state index is 0.133. The molecular formula is C6H8N3OS. The second kappa shape index (κ2) is 3.45. The Bertz CT molecular complexity index is 258. The van der Waals surface area contributed by atoms with E-state index < -0.39 is 0 Å². The molecule has 1 amide bonds. The lowest BCUT2D eigenvalue weighted by molar-refractivity contribution is -0.114. The van der Waals surface area contributed by atoms with Crippen LogP contribution in [0.5, 0.6) is 0 Å². The SMILES string of the molecule is CC(=O)Nc1csc(C[NH])n1. The van der Waals surface area contributed by atoms with Gasteiger partial charge in [-0.25, -0.2) is 4.98 Å². The molecule has 1 heterocycles. The number of nitrogens with one attached hydrogen (secondary N) is 2. The van der Waals surface area contributed by atoms with Gasteiger partial charge in [-0.3, -0.25) is 10.5 Å². The van der Waals surface area contributed by atoms with Crippen LogP contribution in [-0.4, -0.2) is 10.9 Å². The van der Waals surface area contributed by atoms with Crippen molar-refractivity contribution in [2.24, 2.45) is 0 Å². The van der Waals surface area contributed by atoms with Gasteiger partial charge in [0.05, 0.1) is 6.54 Å². The molecule has 0 saturated carbocycles. The van der Waals surface area contributed by atoms with E-state index in [1.54, 1.807) is 5.38 Å². The number of carbonyl (C=O) groups excluding carboxylic acids is 1. The normalized spacial score (nSPS) is 9.64. The van der Waals surface area contributed by atoms with Crippen LogP contribution in [0.25, 0.3) is 0 Å². The van der Waals surface area contributed by atoms with Crippen LogP contribution in [0.4, 0.5) is 5.82 Å². The second-order valence-electron chi connectivity index (χ2n) is 1.98. The molecule has 0 spiro atoms. The summed E-state index contributed by atoms with van der Waals surface area (Å²) in [6.45, 7) is 1.60. The summed E-state index contributed by atoms with van der Waals surface area (Å²) in [4.78, 5) is 14.5. The zero-order chi connectivity index (χ0) is 8.27. The quantitative estimate of drug-likeness (QED) is 0.716. The first-order valence-corrected chi connectivity index (χ1v) is 3.97. The molecule has 0 unspecified atom stereocenters. The van der Waals surface area contributed by atoms with Gasteiger partial charge in [0.2, 0.25) is 5.91 Å². The molecule has 1 rings (SSSR count). The summed E-state index contributed by atoms with van der Waals surface area (Å²) in [5, 5.41) is 4.98. The molecule has 0 bridgehead atoms. The van der Waals surface area contributed by atoms with Crippen molar-refractivity contribution in [3.63, 3.8) is 0 Å². The Balaban J connectivity index is 2.65. The number of hydrogen-bond acceptors (Lipinski definition) is 3. The zero-order valence-corrected chi connectivity index (χ0v) is 6.86.